The van der Waals surface area contributed by atoms with Gasteiger partial charge in [-0.3, -0.25) is 4.79 Å². The zero-order valence-electron chi connectivity index (χ0n) is 9.07. The van der Waals surface area contributed by atoms with Gasteiger partial charge in [0.05, 0.1) is 6.42 Å². The second-order valence-corrected chi connectivity index (χ2v) is 3.92. The molecule has 1 aromatic rings. The number of carbonyl (C=O) groups excluding carboxylic acids is 1. The number of hydrogen-bond acceptors (Lipinski definition) is 2. The minimum atomic E-state index is -0.00628. The quantitative estimate of drug-likeness (QED) is 0.569. The summed E-state index contributed by atoms with van der Waals surface area (Å²) < 4.78 is 0. The summed E-state index contributed by atoms with van der Waals surface area (Å²) in [5.74, 6) is 2.38. The first-order valence-corrected chi connectivity index (χ1v) is 5.34. The molecule has 0 bridgehead atoms. The van der Waals surface area contributed by atoms with E-state index in [9.17, 15) is 4.79 Å². The van der Waals surface area contributed by atoms with Crippen molar-refractivity contribution < 1.29 is 4.79 Å². The third kappa shape index (κ3) is 1.87. The summed E-state index contributed by atoms with van der Waals surface area (Å²) in [7, 11) is 0. The third-order valence-electron chi connectivity index (χ3n) is 2.78. The highest BCUT2D eigenvalue weighted by molar-refractivity contribution is 5.96. The van der Waals surface area contributed by atoms with Gasteiger partial charge in [0.1, 0.15) is 0 Å². The van der Waals surface area contributed by atoms with Crippen LogP contribution in [-0.2, 0) is 11.2 Å². The van der Waals surface area contributed by atoms with Crippen molar-refractivity contribution in [2.45, 2.75) is 19.3 Å². The molecule has 1 aromatic carbocycles. The van der Waals surface area contributed by atoms with Gasteiger partial charge in [0.25, 0.3) is 0 Å². The predicted molar refractivity (Wildman–Crippen MR) is 65.0 cm³/mol. The van der Waals surface area contributed by atoms with E-state index < -0.39 is 0 Å². The lowest BCUT2D eigenvalue weighted by atomic mass is 10.0. The van der Waals surface area contributed by atoms with Crippen molar-refractivity contribution in [3.05, 3.63) is 23.8 Å². The number of nitrogen functional groups attached to an aromatic ring is 1. The van der Waals surface area contributed by atoms with Gasteiger partial charge in [-0.15, -0.1) is 6.42 Å². The Morgan fingerprint density at radius 2 is 2.38 bits per heavy atom. The number of carbonyl (C=O) groups is 1. The van der Waals surface area contributed by atoms with E-state index in [4.69, 9.17) is 12.2 Å². The molecule has 1 heterocycles. The maximum absolute atomic E-state index is 11.8. The highest BCUT2D eigenvalue weighted by Crippen LogP contribution is 2.29. The normalized spacial score (nSPS) is 14.1. The van der Waals surface area contributed by atoms with Crippen molar-refractivity contribution in [1.82, 2.24) is 0 Å². The van der Waals surface area contributed by atoms with Crippen LogP contribution in [0.1, 0.15) is 18.4 Å². The number of terminal acetylenes is 1. The Morgan fingerprint density at radius 1 is 1.56 bits per heavy atom. The van der Waals surface area contributed by atoms with Gasteiger partial charge in [0.15, 0.2) is 0 Å². The molecule has 82 valence electrons. The maximum Gasteiger partial charge on any atom is 0.239 e. The summed E-state index contributed by atoms with van der Waals surface area (Å²) in [5.41, 5.74) is 8.56. The molecule has 0 saturated carbocycles. The Kier molecular flexibility index (Phi) is 2.82. The van der Waals surface area contributed by atoms with Gasteiger partial charge in [0.2, 0.25) is 5.91 Å². The molecule has 0 fully saturated rings. The van der Waals surface area contributed by atoms with Gasteiger partial charge in [0, 0.05) is 17.9 Å². The van der Waals surface area contributed by atoms with Crippen molar-refractivity contribution >= 4 is 17.3 Å². The van der Waals surface area contributed by atoms with Crippen molar-refractivity contribution in [1.29, 1.82) is 0 Å². The molecule has 1 aliphatic heterocycles. The second-order valence-electron chi connectivity index (χ2n) is 3.92. The molecular formula is C13H14N2O. The van der Waals surface area contributed by atoms with E-state index in [1.807, 2.05) is 18.2 Å². The molecule has 0 radical (unpaired) electrons. The fourth-order valence-electron chi connectivity index (χ4n) is 2.06. The van der Waals surface area contributed by atoms with Gasteiger partial charge in [-0.1, -0.05) is 5.92 Å². The summed E-state index contributed by atoms with van der Waals surface area (Å²) in [5, 5.41) is 0. The molecule has 1 amide bonds. The van der Waals surface area contributed by atoms with Crippen LogP contribution in [0.5, 0.6) is 0 Å². The number of benzene rings is 1. The number of rotatable bonds is 1. The molecule has 0 unspecified atom stereocenters. The smallest absolute Gasteiger partial charge is 0.239 e. The van der Waals surface area contributed by atoms with Crippen molar-refractivity contribution in [2.75, 3.05) is 17.2 Å². The van der Waals surface area contributed by atoms with Crippen LogP contribution in [0.4, 0.5) is 11.4 Å². The maximum atomic E-state index is 11.8. The second kappa shape index (κ2) is 4.28. The average molecular weight is 214 g/mol. The number of nitrogens with two attached hydrogens (primary N) is 1. The van der Waals surface area contributed by atoms with Crippen LogP contribution in [0.25, 0.3) is 0 Å². The van der Waals surface area contributed by atoms with E-state index in [1.54, 1.807) is 4.90 Å². The molecule has 1 aliphatic rings. The summed E-state index contributed by atoms with van der Waals surface area (Å²) >= 11 is 0. The molecule has 3 heteroatoms. The van der Waals surface area contributed by atoms with Gasteiger partial charge in [-0.05, 0) is 36.6 Å². The number of aryl methyl sites for hydroxylation is 1. The van der Waals surface area contributed by atoms with Crippen LogP contribution in [0.3, 0.4) is 0 Å². The highest BCUT2D eigenvalue weighted by atomic mass is 16.2. The minimum Gasteiger partial charge on any atom is -0.399 e. The van der Waals surface area contributed by atoms with E-state index in [-0.39, 0.29) is 12.3 Å². The summed E-state index contributed by atoms with van der Waals surface area (Å²) in [6.07, 6.45) is 7.26. The molecule has 0 aromatic heterocycles. The highest BCUT2D eigenvalue weighted by Gasteiger charge is 2.21. The molecule has 16 heavy (non-hydrogen) atoms. The Hall–Kier alpha value is -1.95. The van der Waals surface area contributed by atoms with Crippen LogP contribution in [0.15, 0.2) is 18.2 Å². The Balaban J connectivity index is 2.34. The number of amides is 1. The zero-order chi connectivity index (χ0) is 11.5. The lowest BCUT2D eigenvalue weighted by Crippen LogP contribution is -2.35. The Morgan fingerprint density at radius 3 is 3.12 bits per heavy atom. The largest absolute Gasteiger partial charge is 0.399 e. The molecule has 0 saturated heterocycles. The number of fused-ring (bicyclic) bond motifs is 1. The van der Waals surface area contributed by atoms with E-state index in [0.29, 0.717) is 0 Å². The van der Waals surface area contributed by atoms with Crippen molar-refractivity contribution in [3.63, 3.8) is 0 Å². The summed E-state index contributed by atoms with van der Waals surface area (Å²) in [4.78, 5) is 13.6. The molecule has 2 N–H and O–H groups in total. The average Bonchev–Trinajstić information content (AvgIpc) is 2.28. The third-order valence-corrected chi connectivity index (χ3v) is 2.78. The monoisotopic (exact) mass is 214 g/mol. The topological polar surface area (TPSA) is 46.3 Å². The summed E-state index contributed by atoms with van der Waals surface area (Å²) in [6.45, 7) is 0.747. The fourth-order valence-corrected chi connectivity index (χ4v) is 2.06. The van der Waals surface area contributed by atoms with Crippen molar-refractivity contribution in [3.8, 4) is 12.3 Å². The molecule has 0 aliphatic carbocycles. The molecule has 0 spiro atoms. The molecular weight excluding hydrogens is 200 g/mol. The number of anilines is 2. The standard InChI is InChI=1S/C13H14N2O/c1-2-4-13(16)15-8-3-5-10-9-11(14)6-7-12(10)15/h1,6-7,9H,3-5,8,14H2. The van der Waals surface area contributed by atoms with E-state index in [0.717, 1.165) is 36.3 Å². The van der Waals surface area contributed by atoms with Crippen LogP contribution < -0.4 is 10.6 Å². The first-order chi connectivity index (χ1) is 7.72. The first kappa shape index (κ1) is 10.6. The molecule has 0 atom stereocenters. The van der Waals surface area contributed by atoms with Crippen LogP contribution in [-0.4, -0.2) is 12.5 Å². The predicted octanol–water partition coefficient (Wildman–Crippen LogP) is 1.57. The summed E-state index contributed by atoms with van der Waals surface area (Å²) in [6, 6.07) is 5.66. The van der Waals surface area contributed by atoms with E-state index >= 15 is 0 Å². The Bertz CT molecular complexity index is 459. The van der Waals surface area contributed by atoms with Gasteiger partial charge in [-0.25, -0.2) is 0 Å². The van der Waals surface area contributed by atoms with Crippen LogP contribution >= 0.6 is 0 Å². The van der Waals surface area contributed by atoms with Crippen LogP contribution in [0.2, 0.25) is 0 Å². The Labute approximate surface area is 95.2 Å². The lowest BCUT2D eigenvalue weighted by Gasteiger charge is -2.29. The zero-order valence-corrected chi connectivity index (χ0v) is 9.07. The van der Waals surface area contributed by atoms with Crippen molar-refractivity contribution in [2.24, 2.45) is 0 Å². The van der Waals surface area contributed by atoms with E-state index in [1.165, 1.54) is 0 Å². The SMILES string of the molecule is C#CCC(=O)N1CCCc2cc(N)ccc21. The van der Waals surface area contributed by atoms with Gasteiger partial charge >= 0.3 is 0 Å². The molecule has 2 rings (SSSR count). The van der Waals surface area contributed by atoms with E-state index in [2.05, 4.69) is 5.92 Å². The fraction of sp³-hybridized carbons (Fsp3) is 0.308. The number of nitrogens with zero attached hydrogens (tertiary/aromatic N) is 1. The van der Waals surface area contributed by atoms with Crippen LogP contribution in [0, 0.1) is 12.3 Å². The first-order valence-electron chi connectivity index (χ1n) is 5.34. The lowest BCUT2D eigenvalue weighted by molar-refractivity contribution is -0.117. The van der Waals surface area contributed by atoms with Gasteiger partial charge in [-0.2, -0.15) is 0 Å². The molecule has 3 nitrogen and oxygen atoms in total. The minimum absolute atomic E-state index is 0.00628. The number of hydrogen-bond donors (Lipinski definition) is 1. The van der Waals surface area contributed by atoms with Gasteiger partial charge < -0.3 is 10.6 Å².